The van der Waals surface area contributed by atoms with Crippen LogP contribution in [0.15, 0.2) is 65.8 Å². The molecule has 432 valence electrons. The first-order valence-electron chi connectivity index (χ1n) is 25.2. The summed E-state index contributed by atoms with van der Waals surface area (Å²) in [6.45, 7) is 21.7. The predicted octanol–water partition coefficient (Wildman–Crippen LogP) is 2.92. The number of azide groups is 1. The maximum Gasteiger partial charge on any atom is 1.00 e. The van der Waals surface area contributed by atoms with Gasteiger partial charge in [-0.25, -0.2) is 19.6 Å². The molecule has 0 aromatic heterocycles. The van der Waals surface area contributed by atoms with Gasteiger partial charge >= 0.3 is 47.8 Å². The average Bonchev–Trinajstić information content (AvgIpc) is 3.37. The Morgan fingerprint density at radius 3 is 1.71 bits per heavy atom. The van der Waals surface area contributed by atoms with Crippen molar-refractivity contribution in [2.45, 2.75) is 188 Å². The van der Waals surface area contributed by atoms with Crippen molar-refractivity contribution in [1.29, 1.82) is 0 Å². The summed E-state index contributed by atoms with van der Waals surface area (Å²) in [5, 5.41) is 14.3. The van der Waals surface area contributed by atoms with E-state index >= 15 is 0 Å². The maximum atomic E-state index is 12.5. The van der Waals surface area contributed by atoms with E-state index in [0.717, 1.165) is 11.1 Å². The number of aliphatic hydroxyl groups excluding tert-OH is 1. The summed E-state index contributed by atoms with van der Waals surface area (Å²) in [6.07, 6.45) is -4.75. The molecule has 4 aliphatic heterocycles. The first-order chi connectivity index (χ1) is 36.3. The normalized spacial score (nSPS) is 33.6. The largest absolute Gasteiger partial charge is 1.00 e. The zero-order valence-electron chi connectivity index (χ0n) is 46.3. The Hall–Kier alpha value is -3.59. The fourth-order valence-corrected chi connectivity index (χ4v) is 9.31. The molecule has 19 atom stereocenters. The molecule has 0 amide bonds. The summed E-state index contributed by atoms with van der Waals surface area (Å²) >= 11 is 0. The van der Waals surface area contributed by atoms with Crippen LogP contribution in [-0.4, -0.2) is 146 Å². The van der Waals surface area contributed by atoms with E-state index in [1.165, 1.54) is 0 Å². The molecule has 0 spiro atoms. The van der Waals surface area contributed by atoms with Gasteiger partial charge in [0.05, 0.1) is 68.6 Å². The van der Waals surface area contributed by atoms with E-state index in [2.05, 4.69) is 30.8 Å². The molecule has 4 saturated heterocycles. The van der Waals surface area contributed by atoms with Crippen LogP contribution in [-0.2, 0) is 99.7 Å². The van der Waals surface area contributed by atoms with Crippen molar-refractivity contribution in [3.63, 3.8) is 0 Å². The minimum absolute atomic E-state index is 0. The zero-order chi connectivity index (χ0) is 57.6. The van der Waals surface area contributed by atoms with Crippen molar-refractivity contribution in [3.8, 4) is 0 Å². The topological polar surface area (TPSA) is 333 Å². The van der Waals surface area contributed by atoms with Crippen LogP contribution in [0.5, 0.6) is 0 Å². The zero-order valence-corrected chi connectivity index (χ0v) is 49.1. The molecule has 24 nitrogen and oxygen atoms in total. The Labute approximate surface area is 478 Å². The van der Waals surface area contributed by atoms with Gasteiger partial charge in [-0.2, -0.15) is 19.2 Å². The van der Waals surface area contributed by atoms with Gasteiger partial charge in [0.2, 0.25) is 10.4 Å². The molecule has 26 heteroatoms. The van der Waals surface area contributed by atoms with E-state index in [1.54, 1.807) is 27.2 Å². The van der Waals surface area contributed by atoms with Crippen LogP contribution in [0.4, 0.5) is 0 Å². The summed E-state index contributed by atoms with van der Waals surface area (Å²) in [7, 11) is -4.92. The molecule has 6 rings (SSSR count). The van der Waals surface area contributed by atoms with Gasteiger partial charge in [0.1, 0.15) is 18.3 Å². The minimum Gasteiger partial charge on any atom is -0.726 e. The van der Waals surface area contributed by atoms with Crippen molar-refractivity contribution in [2.24, 2.45) is 34.7 Å². The quantitative estimate of drug-likeness (QED) is 0.0317. The van der Waals surface area contributed by atoms with Gasteiger partial charge < -0.3 is 61.8 Å². The van der Waals surface area contributed by atoms with E-state index in [-0.39, 0.29) is 96.9 Å². The number of benzene rings is 2. The molecular weight excluding hydrogens is 1060 g/mol. The minimum atomic E-state index is -4.92. The van der Waals surface area contributed by atoms with Gasteiger partial charge in [0, 0.05) is 23.0 Å². The second kappa shape index (κ2) is 34.6. The molecule has 0 radical (unpaired) electrons. The van der Waals surface area contributed by atoms with Crippen LogP contribution in [0.25, 0.3) is 10.4 Å². The molecule has 4 heterocycles. The van der Waals surface area contributed by atoms with Crippen molar-refractivity contribution in [2.75, 3.05) is 13.2 Å². The Bertz CT molecular complexity index is 2260. The third kappa shape index (κ3) is 22.7. The van der Waals surface area contributed by atoms with Crippen molar-refractivity contribution >= 4 is 28.7 Å². The molecule has 2 aromatic rings. The molecule has 2 aromatic carbocycles. The van der Waals surface area contributed by atoms with Gasteiger partial charge in [0.25, 0.3) is 0 Å². The third-order valence-corrected chi connectivity index (χ3v) is 13.6. The summed E-state index contributed by atoms with van der Waals surface area (Å²) in [6, 6.07) is 19.2. The molecule has 4 aliphatic rings. The van der Waals surface area contributed by atoms with E-state index in [9.17, 15) is 15.4 Å². The Kier molecular flexibility index (Phi) is 31.3. The Morgan fingerprint density at radius 2 is 1.19 bits per heavy atom. The van der Waals surface area contributed by atoms with E-state index < -0.39 is 95.9 Å². The Morgan fingerprint density at radius 1 is 0.705 bits per heavy atom. The fraction of sp³-hybridized carbons (Fsp3) is 0.692. The number of nitrogens with zero attached hydrogens (tertiary/aromatic N) is 3. The van der Waals surface area contributed by atoms with Crippen LogP contribution in [0.2, 0.25) is 0 Å². The van der Waals surface area contributed by atoms with Gasteiger partial charge in [-0.3, -0.25) is 4.55 Å². The van der Waals surface area contributed by atoms with Crippen molar-refractivity contribution in [3.05, 3.63) is 88.7 Å². The molecule has 0 saturated carbocycles. The second-order valence-corrected chi connectivity index (χ2v) is 21.0. The monoisotopic (exact) mass is 1130 g/mol. The third-order valence-electron chi connectivity index (χ3n) is 13.6. The molecule has 78 heavy (non-hydrogen) atoms. The van der Waals surface area contributed by atoms with Gasteiger partial charge in [-0.05, 0) is 81.6 Å². The summed E-state index contributed by atoms with van der Waals surface area (Å²) < 4.78 is 104. The molecule has 0 aliphatic carbocycles. The number of hydrogen-bond donors (Lipinski definition) is 2. The van der Waals surface area contributed by atoms with Gasteiger partial charge in [0.15, 0.2) is 18.9 Å². The van der Waals surface area contributed by atoms with Crippen LogP contribution in [0.3, 0.4) is 0 Å². The number of hydrogen-bond acceptors (Lipinski definition) is 21. The molecule has 4 fully saturated rings. The first kappa shape index (κ1) is 70.5. The Balaban J connectivity index is 0.00000159. The van der Waals surface area contributed by atoms with Crippen LogP contribution < -0.4 is 29.6 Å². The number of aliphatic hydroxyl groups is 1. The molecular formula is C52H75N3NaO21S-. The van der Waals surface area contributed by atoms with Gasteiger partial charge in [-0.1, -0.05) is 107 Å². The number of ether oxygens (including phenoxy) is 11. The number of esters is 1. The van der Waals surface area contributed by atoms with Crippen molar-refractivity contribution < 1.29 is 128 Å². The fourth-order valence-electron chi connectivity index (χ4n) is 9.31. The van der Waals surface area contributed by atoms with Crippen LogP contribution in [0.1, 0.15) is 93.7 Å². The number of carbonyl (C=O) groups excluding carboxylic acids is 5. The molecule has 7 unspecified atom stereocenters. The average molecular weight is 1130 g/mol. The van der Waals surface area contributed by atoms with Crippen molar-refractivity contribution in [1.82, 2.24) is 0 Å². The van der Waals surface area contributed by atoms with Crippen LogP contribution in [0, 0.1) is 36.0 Å². The van der Waals surface area contributed by atoms with Gasteiger partial charge in [-0.15, -0.1) is 0 Å². The van der Waals surface area contributed by atoms with E-state index in [1.807, 2.05) is 95.3 Å². The summed E-state index contributed by atoms with van der Waals surface area (Å²) in [5.41, 5.74) is 10.9. The summed E-state index contributed by atoms with van der Waals surface area (Å²) in [5.74, 6) is -1.20. The number of rotatable bonds is 18. The van der Waals surface area contributed by atoms with E-state index in [4.69, 9.17) is 88.8 Å². The maximum absolute atomic E-state index is 12.5. The molecule has 2 N–H and O–H groups in total. The number of carbonyl (C=O) groups is 1. The predicted molar refractivity (Wildman–Crippen MR) is 265 cm³/mol. The molecule has 0 bridgehead atoms. The smallest absolute Gasteiger partial charge is 0.726 e. The first-order valence-corrected chi connectivity index (χ1v) is 26.6. The van der Waals surface area contributed by atoms with E-state index in [0.29, 0.717) is 19.6 Å². The van der Waals surface area contributed by atoms with Crippen LogP contribution >= 0.6 is 0 Å². The SMILES string of the molecule is CCC1O[C@H](O[C@@H]2C(C)O[C@@H](OCC(=O)OC(C)(C)C)[CH-][C@@H]2OCc2ccccc2)C(C)[C@@H](C)[C@@H]1O[C@@H]1OC(C)[C@@H](O[C@@H]2OC(CO)[C@@H](C)[C@H](C)C2N=[N+]=[N-])[C@@H](OCc2ccccc2)C1C.O=C=O.O=C=O.O=S(=O)([O-])O.[Na+]. The standard InChI is InChI=1S/C50H74N3O13.2CO2.Na.H2O4S/c1-12-37-43(30(4)31(5)47(61-37)64-45-33(7)59-41(57-27-40(55)66-50(9,10)11)23-38(45)56-25-35-19-15-13-16-20-35)63-48-32(6)44(58-26-36-21-17-14-18-22-36)46(34(8)60-48)65-49-42(52-53-51)29(3)28(2)39(24-54)62-49;2*2-1-3;;1-5(2,3)4/h13-23,28-34,37-39,41-49,54H,12,24-27H2,1-11H3;;;;(H2,1,2,3,4)/q-1;;;+1;/p-1/t28-,29-,30+,31?,32?,33?,34?,37?,38-,39?,41+,42?,43-,44-,45+,46+,47+,48-,49-;;;;/m0..../s1. The second-order valence-electron chi connectivity index (χ2n) is 20.1. The summed E-state index contributed by atoms with van der Waals surface area (Å²) in [4.78, 5) is 48.2.